The van der Waals surface area contributed by atoms with Crippen molar-refractivity contribution in [2.24, 2.45) is 0 Å². The van der Waals surface area contributed by atoms with Crippen LogP contribution >= 0.6 is 23.2 Å². The van der Waals surface area contributed by atoms with Crippen molar-refractivity contribution in [3.05, 3.63) is 101 Å². The van der Waals surface area contributed by atoms with E-state index in [0.717, 1.165) is 11.3 Å². The molecule has 0 aliphatic rings. The van der Waals surface area contributed by atoms with Crippen LogP contribution in [0.2, 0.25) is 10.0 Å². The third-order valence-corrected chi connectivity index (χ3v) is 4.70. The van der Waals surface area contributed by atoms with Gasteiger partial charge in [0.05, 0.1) is 6.54 Å². The van der Waals surface area contributed by atoms with Crippen LogP contribution in [0.25, 0.3) is 0 Å². The van der Waals surface area contributed by atoms with Crippen LogP contribution in [-0.4, -0.2) is 22.0 Å². The largest absolute Gasteiger partial charge is 0.345 e. The molecule has 2 aromatic carbocycles. The topological polar surface area (TPSA) is 37.3 Å². The summed E-state index contributed by atoms with van der Waals surface area (Å²) in [7, 11) is 0. The molecule has 0 spiro atoms. The number of anilines is 1. The first kappa shape index (κ1) is 20.1. The average Bonchev–Trinajstić information content (AvgIpc) is 3.08. The molecule has 0 radical (unpaired) electrons. The SMILES string of the molecule is C=CCN(Cc1cccn1Cc1cccc(Cl)c1)C(=O)Nc1cccc(Cl)c1. The Labute approximate surface area is 175 Å². The molecule has 1 aromatic heterocycles. The maximum atomic E-state index is 12.8. The zero-order valence-electron chi connectivity index (χ0n) is 15.3. The van der Waals surface area contributed by atoms with Gasteiger partial charge in [0.1, 0.15) is 0 Å². The molecule has 3 rings (SSSR count). The van der Waals surface area contributed by atoms with Crippen LogP contribution < -0.4 is 5.32 Å². The molecule has 4 nitrogen and oxygen atoms in total. The van der Waals surface area contributed by atoms with Crippen LogP contribution in [-0.2, 0) is 13.1 Å². The van der Waals surface area contributed by atoms with Crippen LogP contribution in [0, 0.1) is 0 Å². The van der Waals surface area contributed by atoms with Crippen LogP contribution in [0.4, 0.5) is 10.5 Å². The second-order valence-electron chi connectivity index (χ2n) is 6.37. The molecule has 0 fully saturated rings. The third kappa shape index (κ3) is 5.41. The Balaban J connectivity index is 1.73. The molecule has 0 saturated heterocycles. The molecule has 0 atom stereocenters. The lowest BCUT2D eigenvalue weighted by Crippen LogP contribution is -2.35. The minimum Gasteiger partial charge on any atom is -0.345 e. The zero-order chi connectivity index (χ0) is 19.9. The summed E-state index contributed by atoms with van der Waals surface area (Å²) in [6, 6.07) is 18.6. The Morgan fingerprint density at radius 2 is 1.82 bits per heavy atom. The number of carbonyl (C=O) groups excluding carboxylic acids is 1. The lowest BCUT2D eigenvalue weighted by atomic mass is 10.2. The van der Waals surface area contributed by atoms with E-state index in [1.165, 1.54) is 0 Å². The fraction of sp³-hybridized carbons (Fsp3) is 0.136. The molecule has 0 aliphatic carbocycles. The van der Waals surface area contributed by atoms with Gasteiger partial charge in [0, 0.05) is 40.7 Å². The predicted molar refractivity (Wildman–Crippen MR) is 116 cm³/mol. The highest BCUT2D eigenvalue weighted by molar-refractivity contribution is 6.31. The smallest absolute Gasteiger partial charge is 0.322 e. The number of halogens is 2. The quantitative estimate of drug-likeness (QED) is 0.469. The number of benzene rings is 2. The molecule has 3 aromatic rings. The maximum absolute atomic E-state index is 12.8. The van der Waals surface area contributed by atoms with Crippen LogP contribution in [0.3, 0.4) is 0 Å². The van der Waals surface area contributed by atoms with E-state index in [4.69, 9.17) is 23.2 Å². The molecule has 0 aliphatic heterocycles. The summed E-state index contributed by atoms with van der Waals surface area (Å²) >= 11 is 12.1. The monoisotopic (exact) mass is 413 g/mol. The molecular weight excluding hydrogens is 393 g/mol. The number of carbonyl (C=O) groups is 1. The molecule has 0 saturated carbocycles. The number of nitrogens with one attached hydrogen (secondary N) is 1. The van der Waals surface area contributed by atoms with Crippen LogP contribution in [0.5, 0.6) is 0 Å². The van der Waals surface area contributed by atoms with E-state index < -0.39 is 0 Å². The van der Waals surface area contributed by atoms with Crippen molar-refractivity contribution >= 4 is 34.9 Å². The molecule has 2 amide bonds. The Hall–Kier alpha value is -2.69. The second-order valence-corrected chi connectivity index (χ2v) is 7.24. The van der Waals surface area contributed by atoms with Crippen molar-refractivity contribution < 1.29 is 4.79 Å². The highest BCUT2D eigenvalue weighted by Gasteiger charge is 2.15. The van der Waals surface area contributed by atoms with Crippen molar-refractivity contribution in [1.82, 2.24) is 9.47 Å². The lowest BCUT2D eigenvalue weighted by molar-refractivity contribution is 0.214. The molecule has 1 heterocycles. The maximum Gasteiger partial charge on any atom is 0.322 e. The van der Waals surface area contributed by atoms with Gasteiger partial charge in [-0.1, -0.05) is 47.5 Å². The van der Waals surface area contributed by atoms with E-state index in [9.17, 15) is 4.79 Å². The van der Waals surface area contributed by atoms with Gasteiger partial charge in [0.15, 0.2) is 0 Å². The third-order valence-electron chi connectivity index (χ3n) is 4.23. The zero-order valence-corrected chi connectivity index (χ0v) is 16.8. The summed E-state index contributed by atoms with van der Waals surface area (Å²) in [4.78, 5) is 14.4. The van der Waals surface area contributed by atoms with Gasteiger partial charge in [-0.25, -0.2) is 4.79 Å². The standard InChI is InChI=1S/C22H21Cl2N3O/c1-2-11-27(22(28)25-20-9-4-8-19(24)14-20)16-21-10-5-12-26(21)15-17-6-3-7-18(23)13-17/h2-10,12-14H,1,11,15-16H2,(H,25,28). The van der Waals surface area contributed by atoms with Crippen molar-refractivity contribution in [2.45, 2.75) is 13.1 Å². The summed E-state index contributed by atoms with van der Waals surface area (Å²) in [5, 5.41) is 4.17. The van der Waals surface area contributed by atoms with Gasteiger partial charge in [-0.3, -0.25) is 0 Å². The Bertz CT molecular complexity index is 968. The van der Waals surface area contributed by atoms with Crippen LogP contribution in [0.1, 0.15) is 11.3 Å². The molecular formula is C22H21Cl2N3O. The van der Waals surface area contributed by atoms with Gasteiger partial charge in [-0.05, 0) is 48.0 Å². The van der Waals surface area contributed by atoms with Gasteiger partial charge in [-0.15, -0.1) is 6.58 Å². The van der Waals surface area contributed by atoms with E-state index >= 15 is 0 Å². The average molecular weight is 414 g/mol. The van der Waals surface area contributed by atoms with Gasteiger partial charge in [0.25, 0.3) is 0 Å². The number of nitrogens with zero attached hydrogens (tertiary/aromatic N) is 2. The first-order chi connectivity index (χ1) is 13.5. The van der Waals surface area contributed by atoms with Crippen molar-refractivity contribution in [3.8, 4) is 0 Å². The fourth-order valence-electron chi connectivity index (χ4n) is 2.92. The van der Waals surface area contributed by atoms with Gasteiger partial charge >= 0.3 is 6.03 Å². The molecule has 6 heteroatoms. The van der Waals surface area contributed by atoms with E-state index in [0.29, 0.717) is 35.4 Å². The van der Waals surface area contributed by atoms with E-state index in [2.05, 4.69) is 16.5 Å². The summed E-state index contributed by atoms with van der Waals surface area (Å²) in [6.07, 6.45) is 3.71. The summed E-state index contributed by atoms with van der Waals surface area (Å²) in [6.45, 7) is 5.33. The van der Waals surface area contributed by atoms with E-state index in [1.807, 2.05) is 42.6 Å². The first-order valence-electron chi connectivity index (χ1n) is 8.86. The lowest BCUT2D eigenvalue weighted by Gasteiger charge is -2.23. The minimum absolute atomic E-state index is 0.210. The van der Waals surface area contributed by atoms with Crippen molar-refractivity contribution in [3.63, 3.8) is 0 Å². The number of urea groups is 1. The molecule has 0 unspecified atom stereocenters. The molecule has 144 valence electrons. The molecule has 0 bridgehead atoms. The number of amides is 2. The summed E-state index contributed by atoms with van der Waals surface area (Å²) in [5.41, 5.74) is 2.77. The van der Waals surface area contributed by atoms with Crippen molar-refractivity contribution in [1.29, 1.82) is 0 Å². The number of aromatic nitrogens is 1. The molecule has 1 N–H and O–H groups in total. The Morgan fingerprint density at radius 3 is 2.54 bits per heavy atom. The van der Waals surface area contributed by atoms with Crippen molar-refractivity contribution in [2.75, 3.05) is 11.9 Å². The molecule has 28 heavy (non-hydrogen) atoms. The number of hydrogen-bond acceptors (Lipinski definition) is 1. The fourth-order valence-corrected chi connectivity index (χ4v) is 3.32. The van der Waals surface area contributed by atoms with Gasteiger partial charge in [-0.2, -0.15) is 0 Å². The summed E-state index contributed by atoms with van der Waals surface area (Å²) in [5.74, 6) is 0. The Kier molecular flexibility index (Phi) is 6.80. The minimum atomic E-state index is -0.210. The van der Waals surface area contributed by atoms with Gasteiger partial charge < -0.3 is 14.8 Å². The number of hydrogen-bond donors (Lipinski definition) is 1. The predicted octanol–water partition coefficient (Wildman–Crippen LogP) is 6.06. The number of rotatable bonds is 7. The Morgan fingerprint density at radius 1 is 1.07 bits per heavy atom. The van der Waals surface area contributed by atoms with Gasteiger partial charge in [0.2, 0.25) is 0 Å². The van der Waals surface area contributed by atoms with Crippen LogP contribution in [0.15, 0.2) is 79.5 Å². The highest BCUT2D eigenvalue weighted by Crippen LogP contribution is 2.17. The van der Waals surface area contributed by atoms with E-state index in [-0.39, 0.29) is 6.03 Å². The second kappa shape index (κ2) is 9.49. The summed E-state index contributed by atoms with van der Waals surface area (Å²) < 4.78 is 2.11. The van der Waals surface area contributed by atoms with E-state index in [1.54, 1.807) is 35.2 Å². The normalized spacial score (nSPS) is 10.5. The first-order valence-corrected chi connectivity index (χ1v) is 9.61. The highest BCUT2D eigenvalue weighted by atomic mass is 35.5.